The molecule has 6 aromatic rings. The average Bonchev–Trinajstić information content (AvgIpc) is 4.02. The fourth-order valence-corrected chi connectivity index (χ4v) is 6.61. The van der Waals surface area contributed by atoms with E-state index in [-0.39, 0.29) is 5.56 Å². The summed E-state index contributed by atoms with van der Waals surface area (Å²) in [7, 11) is 3.22. The minimum Gasteiger partial charge on any atom is -0.478 e. The number of ether oxygens (including phenoxy) is 1. The summed E-state index contributed by atoms with van der Waals surface area (Å²) in [5.74, 6) is -1.40. The first-order valence-corrected chi connectivity index (χ1v) is 18.4. The molecule has 57 heavy (non-hydrogen) atoms. The number of carbonyl (C=O) groups excluding carboxylic acids is 1. The summed E-state index contributed by atoms with van der Waals surface area (Å²) in [6.45, 7) is 4.76. The minimum absolute atomic E-state index is 0.220. The van der Waals surface area contributed by atoms with Crippen molar-refractivity contribution in [2.75, 3.05) is 33.8 Å². The van der Waals surface area contributed by atoms with Gasteiger partial charge < -0.3 is 23.9 Å². The molecule has 1 N–H and O–H groups in total. The van der Waals surface area contributed by atoms with Gasteiger partial charge in [-0.1, -0.05) is 42.5 Å². The Morgan fingerprint density at radius 2 is 1.42 bits per heavy atom. The van der Waals surface area contributed by atoms with Crippen LogP contribution in [-0.4, -0.2) is 89.7 Å². The lowest BCUT2D eigenvalue weighted by molar-refractivity contribution is -0.137. The zero-order valence-electron chi connectivity index (χ0n) is 31.6. The molecule has 0 bridgehead atoms. The van der Waals surface area contributed by atoms with Gasteiger partial charge in [0.25, 0.3) is 0 Å². The molecule has 1 aliphatic heterocycles. The molecule has 0 saturated carbocycles. The smallest absolute Gasteiger partial charge is 0.416 e. The number of imidazole rings is 2. The number of pyridine rings is 2. The summed E-state index contributed by atoms with van der Waals surface area (Å²) in [5, 5.41) is 9.13. The van der Waals surface area contributed by atoms with Crippen molar-refractivity contribution in [2.45, 2.75) is 44.7 Å². The van der Waals surface area contributed by atoms with Gasteiger partial charge in [-0.25, -0.2) is 19.6 Å². The van der Waals surface area contributed by atoms with Gasteiger partial charge in [0.1, 0.15) is 11.4 Å². The summed E-state index contributed by atoms with van der Waals surface area (Å²) >= 11 is 0. The van der Waals surface area contributed by atoms with Gasteiger partial charge in [0.2, 0.25) is 0 Å². The first kappa shape index (κ1) is 40.5. The Labute approximate surface area is 328 Å². The van der Waals surface area contributed by atoms with Gasteiger partial charge in [-0.15, -0.1) is 0 Å². The second kappa shape index (κ2) is 18.6. The van der Waals surface area contributed by atoms with E-state index in [0.29, 0.717) is 54.0 Å². The van der Waals surface area contributed by atoms with Crippen molar-refractivity contribution in [3.8, 4) is 22.8 Å². The van der Waals surface area contributed by atoms with Gasteiger partial charge in [-0.2, -0.15) is 13.2 Å². The van der Waals surface area contributed by atoms with E-state index in [0.717, 1.165) is 37.3 Å². The predicted octanol–water partition coefficient (Wildman–Crippen LogP) is 7.36. The van der Waals surface area contributed by atoms with Crippen molar-refractivity contribution in [3.05, 3.63) is 144 Å². The van der Waals surface area contributed by atoms with Crippen LogP contribution < -0.4 is 0 Å². The number of aromatic nitrogens is 6. The summed E-state index contributed by atoms with van der Waals surface area (Å²) in [6.07, 6.45) is 8.36. The molecule has 4 aromatic heterocycles. The van der Waals surface area contributed by atoms with Crippen LogP contribution in [0.1, 0.15) is 56.3 Å². The number of methoxy groups -OCH3 is 1. The van der Waals surface area contributed by atoms with Crippen molar-refractivity contribution in [1.82, 2.24) is 38.9 Å². The zero-order valence-corrected chi connectivity index (χ0v) is 31.6. The highest BCUT2D eigenvalue weighted by atomic mass is 19.4. The third kappa shape index (κ3) is 11.0. The molecule has 2 aromatic carbocycles. The number of esters is 1. The van der Waals surface area contributed by atoms with Crippen LogP contribution in [0.3, 0.4) is 0 Å². The van der Waals surface area contributed by atoms with Crippen LogP contribution in [0.4, 0.5) is 13.2 Å². The number of carboxylic acid groups (broad SMARTS) is 1. The molecule has 1 saturated heterocycles. The summed E-state index contributed by atoms with van der Waals surface area (Å²) < 4.78 is 46.6. The second-order valence-electron chi connectivity index (χ2n) is 13.7. The number of carbonyl (C=O) groups is 2. The quantitative estimate of drug-likeness (QED) is 0.119. The Morgan fingerprint density at radius 3 is 2.04 bits per heavy atom. The molecule has 0 unspecified atom stereocenters. The van der Waals surface area contributed by atoms with Crippen LogP contribution in [0.15, 0.2) is 116 Å². The SMILES string of the molecule is COC(=O)c1ccnc(-c2cn(CCN(C)Cc3ccc(C(F)(F)F)cc3)cn2)c1.O=C(O)c1ccnc(-c2cn(CCN3CCC[C@@H]3c3ccccc3)cn2)c1. The zero-order chi connectivity index (χ0) is 40.4. The van der Waals surface area contributed by atoms with E-state index in [9.17, 15) is 22.8 Å². The Bertz CT molecular complexity index is 2240. The second-order valence-corrected chi connectivity index (χ2v) is 13.7. The van der Waals surface area contributed by atoms with E-state index in [1.165, 1.54) is 56.1 Å². The molecule has 1 atom stereocenters. The number of alkyl halides is 3. The largest absolute Gasteiger partial charge is 0.478 e. The van der Waals surface area contributed by atoms with E-state index >= 15 is 0 Å². The van der Waals surface area contributed by atoms with Gasteiger partial charge in [0.05, 0.1) is 47.8 Å². The fraction of sp³-hybridized carbons (Fsp3) is 0.286. The van der Waals surface area contributed by atoms with Crippen LogP contribution in [0, 0.1) is 0 Å². The van der Waals surface area contributed by atoms with Crippen LogP contribution in [0.2, 0.25) is 0 Å². The highest BCUT2D eigenvalue weighted by molar-refractivity contribution is 5.90. The van der Waals surface area contributed by atoms with Gasteiger partial charge in [-0.05, 0) is 74.0 Å². The lowest BCUT2D eigenvalue weighted by Gasteiger charge is -2.24. The molecule has 12 nitrogen and oxygen atoms in total. The minimum atomic E-state index is -4.32. The fourth-order valence-electron chi connectivity index (χ4n) is 6.61. The molecule has 1 fully saturated rings. The van der Waals surface area contributed by atoms with Gasteiger partial charge in [0.15, 0.2) is 0 Å². The third-order valence-corrected chi connectivity index (χ3v) is 9.65. The Hall–Kier alpha value is -6.19. The molecule has 0 amide bonds. The van der Waals surface area contributed by atoms with E-state index in [2.05, 4.69) is 55.2 Å². The molecular formula is C42H43F3N8O4. The summed E-state index contributed by atoms with van der Waals surface area (Å²) in [5.41, 5.74) is 4.63. The van der Waals surface area contributed by atoms with Crippen LogP contribution >= 0.6 is 0 Å². The van der Waals surface area contributed by atoms with Crippen LogP contribution in [0.25, 0.3) is 22.8 Å². The number of nitrogens with zero attached hydrogens (tertiary/aromatic N) is 8. The summed E-state index contributed by atoms with van der Waals surface area (Å²) in [4.78, 5) is 44.5. The normalized spacial score (nSPS) is 14.3. The number of hydrogen-bond acceptors (Lipinski definition) is 9. The Balaban J connectivity index is 0.000000194. The summed E-state index contributed by atoms with van der Waals surface area (Å²) in [6, 6.07) is 22.6. The molecule has 15 heteroatoms. The Morgan fingerprint density at radius 1 is 0.807 bits per heavy atom. The number of hydrogen-bond donors (Lipinski definition) is 1. The highest BCUT2D eigenvalue weighted by Gasteiger charge is 2.30. The lowest BCUT2D eigenvalue weighted by Crippen LogP contribution is -2.27. The highest BCUT2D eigenvalue weighted by Crippen LogP contribution is 2.32. The topological polar surface area (TPSA) is 132 Å². The molecule has 0 aliphatic carbocycles. The standard InChI is InChI=1S/C21H21F3N4O2.C21H22N4O2/c1-27(12-15-3-5-17(6-4-15)21(22,23)24)9-10-28-13-19(26-14-28)18-11-16(7-8-25-18)20(29)30-2;26-21(27)17-8-9-22-18(13-17)19-14-24(15-23-19)11-12-25-10-4-7-20(25)16-5-2-1-3-6-16/h3-8,11,13-14H,9-10,12H2,1-2H3;1-3,5-6,8-9,13-15,20H,4,7,10-12H2,(H,26,27)/t;20-/m.1/s1. The first-order valence-electron chi connectivity index (χ1n) is 18.4. The predicted molar refractivity (Wildman–Crippen MR) is 207 cm³/mol. The van der Waals surface area contributed by atoms with E-state index < -0.39 is 23.7 Å². The maximum atomic E-state index is 12.6. The van der Waals surface area contributed by atoms with Crippen LogP contribution in [0.5, 0.6) is 0 Å². The van der Waals surface area contributed by atoms with Crippen molar-refractivity contribution in [2.24, 2.45) is 0 Å². The third-order valence-electron chi connectivity index (χ3n) is 9.65. The van der Waals surface area contributed by atoms with Crippen molar-refractivity contribution >= 4 is 11.9 Å². The molecular weight excluding hydrogens is 738 g/mol. The lowest BCUT2D eigenvalue weighted by atomic mass is 10.0. The van der Waals surface area contributed by atoms with Crippen molar-refractivity contribution in [1.29, 1.82) is 0 Å². The van der Waals surface area contributed by atoms with E-state index in [1.807, 2.05) is 33.5 Å². The van der Waals surface area contributed by atoms with Crippen molar-refractivity contribution < 1.29 is 32.6 Å². The van der Waals surface area contributed by atoms with E-state index in [4.69, 9.17) is 9.84 Å². The average molecular weight is 781 g/mol. The molecule has 296 valence electrons. The van der Waals surface area contributed by atoms with Crippen LogP contribution in [-0.2, 0) is 30.5 Å². The molecule has 0 spiro atoms. The number of carboxylic acids is 1. The van der Waals surface area contributed by atoms with Gasteiger partial charge >= 0.3 is 18.1 Å². The number of halogens is 3. The van der Waals surface area contributed by atoms with Gasteiger partial charge in [0, 0.05) is 63.6 Å². The number of likely N-dealkylation sites (N-methyl/N-ethyl adjacent to an activating group) is 1. The molecule has 0 radical (unpaired) electrons. The van der Waals surface area contributed by atoms with E-state index in [1.54, 1.807) is 30.9 Å². The Kier molecular flexibility index (Phi) is 13.2. The number of likely N-dealkylation sites (tertiary alicyclic amines) is 1. The number of aromatic carboxylic acids is 1. The molecule has 1 aliphatic rings. The maximum Gasteiger partial charge on any atom is 0.416 e. The van der Waals surface area contributed by atoms with Crippen molar-refractivity contribution in [3.63, 3.8) is 0 Å². The first-order chi connectivity index (χ1) is 27.5. The number of benzene rings is 2. The monoisotopic (exact) mass is 780 g/mol. The number of rotatable bonds is 13. The maximum absolute atomic E-state index is 12.6. The van der Waals surface area contributed by atoms with Gasteiger partial charge in [-0.3, -0.25) is 14.9 Å². The molecule has 5 heterocycles. The molecule has 7 rings (SSSR count).